The van der Waals surface area contributed by atoms with E-state index >= 15 is 0 Å². The summed E-state index contributed by atoms with van der Waals surface area (Å²) >= 11 is 1.20. The normalized spacial score (nSPS) is 11.1. The summed E-state index contributed by atoms with van der Waals surface area (Å²) in [6.45, 7) is 8.19. The molecule has 0 aliphatic heterocycles. The summed E-state index contributed by atoms with van der Waals surface area (Å²) in [5.41, 5.74) is 3.28. The molecule has 1 aromatic heterocycles. The molecular weight excluding hydrogens is 286 g/mol. The number of carboxylic acid groups (broad SMARTS) is 1. The molecule has 0 bridgehead atoms. The van der Waals surface area contributed by atoms with Crippen LogP contribution < -0.4 is 0 Å². The molecule has 0 fully saturated rings. The number of carboxylic acids is 1. The zero-order chi connectivity index (χ0) is 15.6. The van der Waals surface area contributed by atoms with Gasteiger partial charge in [-0.25, -0.2) is 0 Å². The number of carbonyl (C=O) groups is 1. The van der Waals surface area contributed by atoms with Crippen LogP contribution in [0.1, 0.15) is 36.7 Å². The highest BCUT2D eigenvalue weighted by Gasteiger charge is 2.20. The van der Waals surface area contributed by atoms with Gasteiger partial charge in [0.05, 0.1) is 11.4 Å². The molecule has 1 heterocycles. The van der Waals surface area contributed by atoms with Gasteiger partial charge >= 0.3 is 5.97 Å². The van der Waals surface area contributed by atoms with Crippen molar-refractivity contribution in [2.45, 2.75) is 38.8 Å². The van der Waals surface area contributed by atoms with Gasteiger partial charge in [0.15, 0.2) is 5.16 Å². The summed E-state index contributed by atoms with van der Waals surface area (Å²) in [6.07, 6.45) is 0. The minimum atomic E-state index is -0.859. The fraction of sp³-hybridized carbons (Fsp3) is 0.400. The molecular formula is C15H19N3O2S. The number of hydrogen-bond acceptors (Lipinski definition) is 4. The van der Waals surface area contributed by atoms with Crippen LogP contribution in [0.5, 0.6) is 0 Å². The van der Waals surface area contributed by atoms with E-state index in [9.17, 15) is 4.79 Å². The molecule has 0 saturated heterocycles. The Hall–Kier alpha value is -1.82. The lowest BCUT2D eigenvalue weighted by molar-refractivity contribution is -0.133. The van der Waals surface area contributed by atoms with Crippen molar-refractivity contribution >= 4 is 17.7 Å². The van der Waals surface area contributed by atoms with E-state index < -0.39 is 5.97 Å². The molecule has 0 atom stereocenters. The quantitative estimate of drug-likeness (QED) is 0.859. The van der Waals surface area contributed by atoms with Gasteiger partial charge in [-0.2, -0.15) is 0 Å². The number of nitrogens with zero attached hydrogens (tertiary/aromatic N) is 3. The van der Waals surface area contributed by atoms with Gasteiger partial charge in [-0.05, 0) is 25.0 Å². The maximum absolute atomic E-state index is 10.8. The second-order valence-electron chi connectivity index (χ2n) is 5.25. The van der Waals surface area contributed by atoms with Crippen molar-refractivity contribution in [1.29, 1.82) is 0 Å². The lowest BCUT2D eigenvalue weighted by Gasteiger charge is -2.16. The van der Waals surface area contributed by atoms with Crippen LogP contribution in [-0.2, 0) is 4.79 Å². The highest BCUT2D eigenvalue weighted by molar-refractivity contribution is 7.99. The number of aromatic nitrogens is 3. The number of hydrogen-bond donors (Lipinski definition) is 1. The average Bonchev–Trinajstić information content (AvgIpc) is 2.80. The van der Waals surface area contributed by atoms with Crippen LogP contribution >= 0.6 is 11.8 Å². The number of para-hydroxylation sites is 1. The van der Waals surface area contributed by atoms with Crippen molar-refractivity contribution in [2.75, 3.05) is 5.75 Å². The zero-order valence-corrected chi connectivity index (χ0v) is 13.4. The molecule has 0 radical (unpaired) electrons. The molecule has 1 N–H and O–H groups in total. The largest absolute Gasteiger partial charge is 0.481 e. The maximum Gasteiger partial charge on any atom is 0.313 e. The van der Waals surface area contributed by atoms with Gasteiger partial charge in [0, 0.05) is 5.92 Å². The van der Waals surface area contributed by atoms with Crippen LogP contribution in [0.25, 0.3) is 5.69 Å². The minimum Gasteiger partial charge on any atom is -0.481 e. The smallest absolute Gasteiger partial charge is 0.313 e. The van der Waals surface area contributed by atoms with Crippen LogP contribution in [0.3, 0.4) is 0 Å². The summed E-state index contributed by atoms with van der Waals surface area (Å²) in [4.78, 5) is 10.8. The molecule has 112 valence electrons. The van der Waals surface area contributed by atoms with Crippen molar-refractivity contribution in [1.82, 2.24) is 14.8 Å². The molecule has 0 aliphatic rings. The molecule has 0 amide bonds. The van der Waals surface area contributed by atoms with E-state index in [-0.39, 0.29) is 11.7 Å². The third-order valence-corrected chi connectivity index (χ3v) is 4.08. The summed E-state index contributed by atoms with van der Waals surface area (Å²) in [5, 5.41) is 17.9. The van der Waals surface area contributed by atoms with Crippen LogP contribution in [0.15, 0.2) is 23.4 Å². The summed E-state index contributed by atoms with van der Waals surface area (Å²) < 4.78 is 1.99. The highest BCUT2D eigenvalue weighted by atomic mass is 32.2. The summed E-state index contributed by atoms with van der Waals surface area (Å²) in [7, 11) is 0. The Morgan fingerprint density at radius 1 is 1.29 bits per heavy atom. The predicted molar refractivity (Wildman–Crippen MR) is 83.3 cm³/mol. The predicted octanol–water partition coefficient (Wildman–Crippen LogP) is 3.18. The number of thioether (sulfide) groups is 1. The fourth-order valence-corrected chi connectivity index (χ4v) is 2.91. The number of aryl methyl sites for hydroxylation is 2. The average molecular weight is 305 g/mol. The molecule has 0 saturated carbocycles. The lowest BCUT2D eigenvalue weighted by atomic mass is 10.1. The Balaban J connectivity index is 2.58. The van der Waals surface area contributed by atoms with Gasteiger partial charge in [-0.1, -0.05) is 43.8 Å². The number of benzene rings is 1. The van der Waals surface area contributed by atoms with Crippen LogP contribution in [-0.4, -0.2) is 31.6 Å². The first-order valence-electron chi connectivity index (χ1n) is 6.78. The Bertz CT molecular complexity index is 645. The van der Waals surface area contributed by atoms with Crippen molar-refractivity contribution < 1.29 is 9.90 Å². The van der Waals surface area contributed by atoms with Gasteiger partial charge in [-0.3, -0.25) is 9.36 Å². The maximum atomic E-state index is 10.8. The topological polar surface area (TPSA) is 68.0 Å². The Morgan fingerprint density at radius 3 is 2.43 bits per heavy atom. The molecule has 0 spiro atoms. The number of rotatable bonds is 5. The molecule has 21 heavy (non-hydrogen) atoms. The first-order valence-corrected chi connectivity index (χ1v) is 7.77. The molecule has 2 aromatic rings. The van der Waals surface area contributed by atoms with E-state index in [0.29, 0.717) is 5.16 Å². The zero-order valence-electron chi connectivity index (χ0n) is 12.6. The molecule has 1 aromatic carbocycles. The lowest BCUT2D eigenvalue weighted by Crippen LogP contribution is -2.09. The molecule has 2 rings (SSSR count). The monoisotopic (exact) mass is 305 g/mol. The van der Waals surface area contributed by atoms with E-state index in [1.807, 2.05) is 36.6 Å². The van der Waals surface area contributed by atoms with Crippen molar-refractivity contribution in [2.24, 2.45) is 0 Å². The van der Waals surface area contributed by atoms with Gasteiger partial charge < -0.3 is 5.11 Å². The van der Waals surface area contributed by atoms with E-state index in [2.05, 4.69) is 24.0 Å². The van der Waals surface area contributed by atoms with E-state index in [0.717, 1.165) is 22.6 Å². The first-order chi connectivity index (χ1) is 9.91. The minimum absolute atomic E-state index is 0.0266. The third kappa shape index (κ3) is 3.26. The molecule has 0 aliphatic carbocycles. The van der Waals surface area contributed by atoms with Crippen molar-refractivity contribution in [3.63, 3.8) is 0 Å². The fourth-order valence-electron chi connectivity index (χ4n) is 2.24. The van der Waals surface area contributed by atoms with Gasteiger partial charge in [-0.15, -0.1) is 10.2 Å². The standard InChI is InChI=1S/C15H19N3O2S/c1-9(2)14-16-17-15(21-8-12(19)20)18(14)13-10(3)6-5-7-11(13)4/h5-7,9H,8H2,1-4H3,(H,19,20). The molecule has 0 unspecified atom stereocenters. The Labute approximate surface area is 128 Å². The van der Waals surface area contributed by atoms with Gasteiger partial charge in [0.2, 0.25) is 0 Å². The third-order valence-electron chi connectivity index (χ3n) is 3.16. The molecule has 5 nitrogen and oxygen atoms in total. The highest BCUT2D eigenvalue weighted by Crippen LogP contribution is 2.29. The van der Waals surface area contributed by atoms with Crippen molar-refractivity contribution in [3.8, 4) is 5.69 Å². The van der Waals surface area contributed by atoms with Gasteiger partial charge in [0.1, 0.15) is 5.82 Å². The van der Waals surface area contributed by atoms with Crippen LogP contribution in [0.2, 0.25) is 0 Å². The Kier molecular flexibility index (Phi) is 4.67. The summed E-state index contributed by atoms with van der Waals surface area (Å²) in [5.74, 6) is 0.166. The van der Waals surface area contributed by atoms with E-state index in [4.69, 9.17) is 5.11 Å². The molecule has 6 heteroatoms. The first kappa shape index (κ1) is 15.6. The van der Waals surface area contributed by atoms with Crippen LogP contribution in [0.4, 0.5) is 0 Å². The summed E-state index contributed by atoms with van der Waals surface area (Å²) in [6, 6.07) is 6.09. The van der Waals surface area contributed by atoms with Gasteiger partial charge in [0.25, 0.3) is 0 Å². The van der Waals surface area contributed by atoms with E-state index in [1.165, 1.54) is 11.8 Å². The van der Waals surface area contributed by atoms with Crippen LogP contribution in [0, 0.1) is 13.8 Å². The van der Waals surface area contributed by atoms with Crippen molar-refractivity contribution in [3.05, 3.63) is 35.2 Å². The van der Waals surface area contributed by atoms with E-state index in [1.54, 1.807) is 0 Å². The SMILES string of the molecule is Cc1cccc(C)c1-n1c(SCC(=O)O)nnc1C(C)C. The second-order valence-corrected chi connectivity index (χ2v) is 6.20. The Morgan fingerprint density at radius 2 is 1.90 bits per heavy atom. The second kappa shape index (κ2) is 6.30. The number of aliphatic carboxylic acids is 1.